The van der Waals surface area contributed by atoms with Crippen LogP contribution in [0.5, 0.6) is 0 Å². The predicted molar refractivity (Wildman–Crippen MR) is 86.5 cm³/mol. The third kappa shape index (κ3) is 3.94. The number of morpholine rings is 1. The van der Waals surface area contributed by atoms with E-state index in [9.17, 15) is 9.59 Å². The number of hydrogen-bond donors (Lipinski definition) is 1. The molecule has 1 aliphatic carbocycles. The fourth-order valence-electron chi connectivity index (χ4n) is 3.29. The standard InChI is InChI=1S/C18H23NO5/c20-17(19-10-11-23-15(12-19)18(21)22)16(13-6-2-1-3-7-13)24-14-8-4-5-9-14/h1-3,6-7,14-16H,4-5,8-12H2,(H,21,22). The first-order valence-electron chi connectivity index (χ1n) is 8.49. The molecule has 1 amide bonds. The van der Waals surface area contributed by atoms with Crippen molar-refractivity contribution in [2.75, 3.05) is 19.7 Å². The second kappa shape index (κ2) is 7.77. The fraction of sp³-hybridized carbons (Fsp3) is 0.556. The number of ether oxygens (including phenoxy) is 2. The van der Waals surface area contributed by atoms with Crippen LogP contribution in [0.15, 0.2) is 30.3 Å². The van der Waals surface area contributed by atoms with Gasteiger partial charge in [0.15, 0.2) is 12.2 Å². The summed E-state index contributed by atoms with van der Waals surface area (Å²) >= 11 is 0. The van der Waals surface area contributed by atoms with Gasteiger partial charge in [-0.1, -0.05) is 43.2 Å². The molecule has 2 atom stereocenters. The molecule has 130 valence electrons. The number of rotatable bonds is 5. The number of nitrogens with zero attached hydrogens (tertiary/aromatic N) is 1. The Morgan fingerprint density at radius 1 is 1.21 bits per heavy atom. The van der Waals surface area contributed by atoms with E-state index in [-0.39, 0.29) is 25.2 Å². The SMILES string of the molecule is O=C(O)C1CN(C(=O)C(OC2CCCC2)c2ccccc2)CCO1. The van der Waals surface area contributed by atoms with Gasteiger partial charge in [-0.2, -0.15) is 0 Å². The first-order valence-corrected chi connectivity index (χ1v) is 8.49. The van der Waals surface area contributed by atoms with E-state index in [1.54, 1.807) is 4.90 Å². The molecule has 0 aromatic heterocycles. The molecule has 2 aliphatic rings. The summed E-state index contributed by atoms with van der Waals surface area (Å²) in [7, 11) is 0. The summed E-state index contributed by atoms with van der Waals surface area (Å²) in [5.41, 5.74) is 0.813. The Kier molecular flexibility index (Phi) is 5.48. The molecule has 1 saturated carbocycles. The number of carbonyl (C=O) groups excluding carboxylic acids is 1. The number of benzene rings is 1. The van der Waals surface area contributed by atoms with Gasteiger partial charge in [-0.3, -0.25) is 4.79 Å². The molecule has 2 fully saturated rings. The van der Waals surface area contributed by atoms with Crippen molar-refractivity contribution >= 4 is 11.9 Å². The number of carboxylic acids is 1. The molecule has 6 heteroatoms. The molecule has 3 rings (SSSR count). The quantitative estimate of drug-likeness (QED) is 0.892. The summed E-state index contributed by atoms with van der Waals surface area (Å²) in [6.45, 7) is 0.680. The van der Waals surface area contributed by atoms with Crippen molar-refractivity contribution < 1.29 is 24.2 Å². The lowest BCUT2D eigenvalue weighted by molar-refractivity contribution is -0.165. The molecule has 1 N–H and O–H groups in total. The van der Waals surface area contributed by atoms with E-state index in [1.165, 1.54) is 0 Å². The number of carboxylic acid groups (broad SMARTS) is 1. The molecular formula is C18H23NO5. The second-order valence-corrected chi connectivity index (χ2v) is 6.32. The summed E-state index contributed by atoms with van der Waals surface area (Å²) in [4.78, 5) is 25.7. The predicted octanol–water partition coefficient (Wildman–Crippen LogP) is 2.00. The molecule has 1 heterocycles. The molecule has 1 saturated heterocycles. The van der Waals surface area contributed by atoms with Gasteiger partial charge in [0.1, 0.15) is 0 Å². The monoisotopic (exact) mass is 333 g/mol. The molecule has 2 unspecified atom stereocenters. The summed E-state index contributed by atoms with van der Waals surface area (Å²) in [5, 5.41) is 9.13. The fourth-order valence-corrected chi connectivity index (χ4v) is 3.29. The molecule has 1 aromatic carbocycles. The van der Waals surface area contributed by atoms with Gasteiger partial charge in [0.2, 0.25) is 0 Å². The molecule has 1 aliphatic heterocycles. The average molecular weight is 333 g/mol. The van der Waals surface area contributed by atoms with Crippen molar-refractivity contribution in [2.45, 2.75) is 44.0 Å². The summed E-state index contributed by atoms with van der Waals surface area (Å²) in [6.07, 6.45) is 2.63. The lowest BCUT2D eigenvalue weighted by atomic mass is 10.1. The first-order chi connectivity index (χ1) is 11.6. The minimum Gasteiger partial charge on any atom is -0.479 e. The van der Waals surface area contributed by atoms with Crippen molar-refractivity contribution in [1.82, 2.24) is 4.90 Å². The Morgan fingerprint density at radius 3 is 2.58 bits per heavy atom. The van der Waals surface area contributed by atoms with Crippen molar-refractivity contribution in [3.05, 3.63) is 35.9 Å². The van der Waals surface area contributed by atoms with Crippen LogP contribution in [0.2, 0.25) is 0 Å². The van der Waals surface area contributed by atoms with Crippen molar-refractivity contribution in [2.24, 2.45) is 0 Å². The van der Waals surface area contributed by atoms with Gasteiger partial charge in [0.25, 0.3) is 5.91 Å². The van der Waals surface area contributed by atoms with E-state index in [0.717, 1.165) is 31.2 Å². The Balaban J connectivity index is 1.76. The maximum atomic E-state index is 13.0. The van der Waals surface area contributed by atoms with Gasteiger partial charge in [-0.25, -0.2) is 4.79 Å². The largest absolute Gasteiger partial charge is 0.479 e. The first kappa shape index (κ1) is 16.9. The highest BCUT2D eigenvalue weighted by atomic mass is 16.5. The average Bonchev–Trinajstić information content (AvgIpc) is 3.13. The summed E-state index contributed by atoms with van der Waals surface area (Å²) in [5.74, 6) is -1.22. The second-order valence-electron chi connectivity index (χ2n) is 6.32. The highest BCUT2D eigenvalue weighted by Crippen LogP contribution is 2.29. The maximum Gasteiger partial charge on any atom is 0.334 e. The Hall–Kier alpha value is -1.92. The van der Waals surface area contributed by atoms with E-state index in [0.29, 0.717) is 6.54 Å². The van der Waals surface area contributed by atoms with Gasteiger partial charge >= 0.3 is 5.97 Å². The van der Waals surface area contributed by atoms with Crippen LogP contribution in [-0.4, -0.2) is 53.8 Å². The lowest BCUT2D eigenvalue weighted by Gasteiger charge is -2.34. The van der Waals surface area contributed by atoms with Crippen LogP contribution in [0.3, 0.4) is 0 Å². The maximum absolute atomic E-state index is 13.0. The smallest absolute Gasteiger partial charge is 0.334 e. The van der Waals surface area contributed by atoms with Crippen LogP contribution in [0.25, 0.3) is 0 Å². The van der Waals surface area contributed by atoms with E-state index >= 15 is 0 Å². The minimum atomic E-state index is -1.04. The molecule has 6 nitrogen and oxygen atoms in total. The van der Waals surface area contributed by atoms with E-state index in [2.05, 4.69) is 0 Å². The van der Waals surface area contributed by atoms with Gasteiger partial charge in [-0.05, 0) is 18.4 Å². The van der Waals surface area contributed by atoms with Gasteiger partial charge in [0, 0.05) is 6.54 Å². The number of amides is 1. The summed E-state index contributed by atoms with van der Waals surface area (Å²) in [6, 6.07) is 9.43. The zero-order valence-corrected chi connectivity index (χ0v) is 13.6. The summed E-state index contributed by atoms with van der Waals surface area (Å²) < 4.78 is 11.3. The lowest BCUT2D eigenvalue weighted by Crippen LogP contribution is -2.50. The van der Waals surface area contributed by atoms with Crippen molar-refractivity contribution in [3.8, 4) is 0 Å². The van der Waals surface area contributed by atoms with Crippen LogP contribution in [0.1, 0.15) is 37.4 Å². The Bertz CT molecular complexity index is 570. The van der Waals surface area contributed by atoms with Crippen LogP contribution in [0.4, 0.5) is 0 Å². The Morgan fingerprint density at radius 2 is 1.92 bits per heavy atom. The molecule has 1 aromatic rings. The zero-order chi connectivity index (χ0) is 16.9. The Labute approximate surface area is 141 Å². The third-order valence-electron chi connectivity index (χ3n) is 4.61. The molecule has 24 heavy (non-hydrogen) atoms. The van der Waals surface area contributed by atoms with Gasteiger partial charge in [0.05, 0.1) is 19.3 Å². The normalized spacial score (nSPS) is 23.2. The zero-order valence-electron chi connectivity index (χ0n) is 13.6. The van der Waals surface area contributed by atoms with Crippen LogP contribution in [-0.2, 0) is 19.1 Å². The highest BCUT2D eigenvalue weighted by molar-refractivity contribution is 5.83. The van der Waals surface area contributed by atoms with Crippen molar-refractivity contribution in [3.63, 3.8) is 0 Å². The molecule has 0 radical (unpaired) electrons. The number of aliphatic carboxylic acids is 1. The van der Waals surface area contributed by atoms with Crippen LogP contribution >= 0.6 is 0 Å². The number of carbonyl (C=O) groups is 2. The topological polar surface area (TPSA) is 76.1 Å². The van der Waals surface area contributed by atoms with Crippen LogP contribution < -0.4 is 0 Å². The van der Waals surface area contributed by atoms with E-state index < -0.39 is 18.2 Å². The highest BCUT2D eigenvalue weighted by Gasteiger charge is 2.35. The number of hydrogen-bond acceptors (Lipinski definition) is 4. The minimum absolute atomic E-state index is 0.0610. The van der Waals surface area contributed by atoms with Crippen LogP contribution in [0, 0.1) is 0 Å². The van der Waals surface area contributed by atoms with E-state index in [4.69, 9.17) is 14.6 Å². The molecule has 0 bridgehead atoms. The third-order valence-corrected chi connectivity index (χ3v) is 4.61. The van der Waals surface area contributed by atoms with Gasteiger partial charge < -0.3 is 19.5 Å². The molecular weight excluding hydrogens is 310 g/mol. The van der Waals surface area contributed by atoms with E-state index in [1.807, 2.05) is 30.3 Å². The van der Waals surface area contributed by atoms with Gasteiger partial charge in [-0.15, -0.1) is 0 Å². The molecule has 0 spiro atoms. The van der Waals surface area contributed by atoms with Crippen molar-refractivity contribution in [1.29, 1.82) is 0 Å².